The van der Waals surface area contributed by atoms with Crippen molar-refractivity contribution in [2.24, 2.45) is 28.7 Å². The fraction of sp³-hybridized carbons (Fsp3) is 0.564. The van der Waals surface area contributed by atoms with Crippen molar-refractivity contribution in [3.63, 3.8) is 0 Å². The van der Waals surface area contributed by atoms with Gasteiger partial charge in [0, 0.05) is 19.8 Å². The van der Waals surface area contributed by atoms with E-state index in [1.807, 2.05) is 31.4 Å². The van der Waals surface area contributed by atoms with Crippen molar-refractivity contribution in [1.29, 1.82) is 0 Å². The van der Waals surface area contributed by atoms with Crippen LogP contribution < -0.4 is 0 Å². The molecule has 230 valence electrons. The molecule has 0 N–H and O–H groups in total. The van der Waals surface area contributed by atoms with Gasteiger partial charge in [0.2, 0.25) is 0 Å². The van der Waals surface area contributed by atoms with E-state index in [2.05, 4.69) is 62.7 Å². The maximum absolute atomic E-state index is 10.5. The highest BCUT2D eigenvalue weighted by Gasteiger charge is 2.33. The molecule has 4 aliphatic carbocycles. The fourth-order valence-corrected chi connectivity index (χ4v) is 7.21. The largest absolute Gasteiger partial charge is 0.497 e. The van der Waals surface area contributed by atoms with Crippen molar-refractivity contribution in [3.05, 3.63) is 87.6 Å². The molecular weight excluding hydrogens is 514 g/mol. The molecule has 0 amide bonds. The third kappa shape index (κ3) is 9.56. The van der Waals surface area contributed by atoms with Gasteiger partial charge in [-0.15, -0.1) is 5.73 Å². The van der Waals surface area contributed by atoms with E-state index in [1.165, 1.54) is 57.1 Å². The fourth-order valence-electron chi connectivity index (χ4n) is 7.21. The van der Waals surface area contributed by atoms with Crippen LogP contribution in [0.3, 0.4) is 0 Å². The summed E-state index contributed by atoms with van der Waals surface area (Å²) in [4.78, 5) is 14.6. The third-order valence-electron chi connectivity index (χ3n) is 9.44. The van der Waals surface area contributed by atoms with Crippen LogP contribution in [0.5, 0.6) is 0 Å². The summed E-state index contributed by atoms with van der Waals surface area (Å²) in [6.45, 7) is 11.2. The van der Waals surface area contributed by atoms with Crippen molar-refractivity contribution in [3.8, 4) is 0 Å². The van der Waals surface area contributed by atoms with Crippen LogP contribution >= 0.6 is 0 Å². The van der Waals surface area contributed by atoms with E-state index in [-0.39, 0.29) is 1.43 Å². The molecule has 5 rings (SSSR count). The van der Waals surface area contributed by atoms with E-state index in [1.54, 1.807) is 23.8 Å². The first kappa shape index (κ1) is 33.6. The molecule has 5 aliphatic rings. The zero-order chi connectivity index (χ0) is 30.3. The quantitative estimate of drug-likeness (QED) is 0.187. The van der Waals surface area contributed by atoms with E-state index in [4.69, 9.17) is 4.74 Å². The lowest BCUT2D eigenvalue weighted by atomic mass is 9.70. The maximum atomic E-state index is 10.5. The summed E-state index contributed by atoms with van der Waals surface area (Å²) in [5, 5.41) is 0. The van der Waals surface area contributed by atoms with Crippen molar-refractivity contribution in [2.75, 3.05) is 7.11 Å². The van der Waals surface area contributed by atoms with E-state index in [0.717, 1.165) is 54.3 Å². The number of aliphatic imine (C=N–C) groups is 1. The van der Waals surface area contributed by atoms with Gasteiger partial charge >= 0.3 is 0 Å². The number of nitrogens with zero attached hydrogens (tertiary/aromatic N) is 1. The summed E-state index contributed by atoms with van der Waals surface area (Å²) >= 11 is 0. The highest BCUT2D eigenvalue weighted by molar-refractivity contribution is 5.75. The summed E-state index contributed by atoms with van der Waals surface area (Å²) in [6, 6.07) is 0. The van der Waals surface area contributed by atoms with Gasteiger partial charge in [-0.2, -0.15) is 0 Å². The molecule has 1 aliphatic heterocycles. The Kier molecular flexibility index (Phi) is 14.3. The van der Waals surface area contributed by atoms with Crippen molar-refractivity contribution in [2.45, 2.75) is 112 Å². The van der Waals surface area contributed by atoms with Gasteiger partial charge in [0.05, 0.1) is 7.11 Å². The van der Waals surface area contributed by atoms with E-state index >= 15 is 0 Å². The zero-order valence-electron chi connectivity index (χ0n) is 27.3. The van der Waals surface area contributed by atoms with E-state index in [0.29, 0.717) is 18.3 Å². The molecule has 1 heterocycles. The molecule has 0 radical (unpaired) electrons. The molecule has 3 unspecified atom stereocenters. The Morgan fingerprint density at radius 3 is 2.60 bits per heavy atom. The van der Waals surface area contributed by atoms with Crippen LogP contribution in [0.4, 0.5) is 0 Å². The van der Waals surface area contributed by atoms with Crippen molar-refractivity contribution in [1.82, 2.24) is 0 Å². The van der Waals surface area contributed by atoms with Crippen LogP contribution in [0.1, 0.15) is 113 Å². The average molecular weight is 572 g/mol. The molecular formula is C39H57NO2. The van der Waals surface area contributed by atoms with Gasteiger partial charge in [0.1, 0.15) is 12.0 Å². The van der Waals surface area contributed by atoms with Crippen molar-refractivity contribution >= 4 is 12.5 Å². The molecule has 3 nitrogen and oxygen atoms in total. The molecule has 0 aromatic rings. The molecule has 0 bridgehead atoms. The Morgan fingerprint density at radius 1 is 1.17 bits per heavy atom. The standard InChI is InChI=1S/C22H32.C10H12O2.C7H11N.H2/c1-4-18-13-9-15-20(19-11-6-7-12-19)21-14-8-5-10-16(2)22(21)17(18)3;1-8-6-9(7-11)4-3-5-10(8)12-2;1-2-4-7-5-3-6-8-7;/h4-5,14,16-17,19-20H,6-7,9-13,15H2,1-3H3;3,5-7H,4H2,1-2H3;5-6H,2-4H2,1H3;1H/b18-4-;;;. The zero-order valence-corrected chi connectivity index (χ0v) is 27.3. The second kappa shape index (κ2) is 17.9. The second-order valence-electron chi connectivity index (χ2n) is 12.4. The Morgan fingerprint density at radius 2 is 1.95 bits per heavy atom. The Balaban J connectivity index is 0.000000258. The molecule has 42 heavy (non-hydrogen) atoms. The lowest BCUT2D eigenvalue weighted by molar-refractivity contribution is -0.105. The first-order valence-electron chi connectivity index (χ1n) is 16.5. The van der Waals surface area contributed by atoms with Crippen LogP contribution in [0.2, 0.25) is 0 Å². The predicted octanol–water partition coefficient (Wildman–Crippen LogP) is 11.0. The highest BCUT2D eigenvalue weighted by Crippen LogP contribution is 2.46. The summed E-state index contributed by atoms with van der Waals surface area (Å²) in [5.74, 6) is 3.87. The Hall–Kier alpha value is -2.90. The van der Waals surface area contributed by atoms with Crippen LogP contribution in [0.15, 0.2) is 92.6 Å². The topological polar surface area (TPSA) is 38.7 Å². The minimum Gasteiger partial charge on any atom is -0.497 e. The third-order valence-corrected chi connectivity index (χ3v) is 9.44. The number of ether oxygens (including phenoxy) is 1. The number of methoxy groups -OCH3 is 1. The lowest BCUT2D eigenvalue weighted by Crippen LogP contribution is -2.22. The SMILES string of the molecule is C/C=C1/CCCC(C2CCCC2)C2=C(C(C)CC=C=C2)C1C.CCCC1=CCC=N1.COC1=C(C)C=C(C=O)CC=C1.[HH]. The van der Waals surface area contributed by atoms with Gasteiger partial charge in [0.15, 0.2) is 0 Å². The van der Waals surface area contributed by atoms with Crippen LogP contribution in [-0.4, -0.2) is 19.6 Å². The Bertz CT molecular complexity index is 1200. The molecule has 0 spiro atoms. The number of hydrogen-bond acceptors (Lipinski definition) is 3. The summed E-state index contributed by atoms with van der Waals surface area (Å²) in [5.41, 5.74) is 11.6. The lowest BCUT2D eigenvalue weighted by Gasteiger charge is -2.34. The number of hydrogen-bond donors (Lipinski definition) is 0. The average Bonchev–Trinajstić information content (AvgIpc) is 3.64. The molecule has 1 fully saturated rings. The number of allylic oxidation sites excluding steroid dienone is 12. The van der Waals surface area contributed by atoms with Crippen LogP contribution in [0, 0.1) is 23.7 Å². The molecule has 0 aromatic carbocycles. The van der Waals surface area contributed by atoms with Gasteiger partial charge in [-0.05, 0) is 130 Å². The van der Waals surface area contributed by atoms with Crippen molar-refractivity contribution < 1.29 is 11.0 Å². The normalized spacial score (nSPS) is 26.6. The smallest absolute Gasteiger partial charge is 0.146 e. The molecule has 3 heteroatoms. The maximum Gasteiger partial charge on any atom is 0.146 e. The number of carbonyl (C=O) groups is 1. The number of rotatable bonds is 5. The highest BCUT2D eigenvalue weighted by atomic mass is 16.5. The predicted molar refractivity (Wildman–Crippen MR) is 182 cm³/mol. The molecule has 1 saturated carbocycles. The summed E-state index contributed by atoms with van der Waals surface area (Å²) < 4.78 is 5.11. The van der Waals surface area contributed by atoms with E-state index < -0.39 is 0 Å². The first-order chi connectivity index (χ1) is 20.4. The molecule has 0 saturated heterocycles. The number of carbonyl (C=O) groups excluding carboxylic acids is 1. The van der Waals surface area contributed by atoms with Gasteiger partial charge in [-0.3, -0.25) is 9.79 Å². The Labute approximate surface area is 258 Å². The first-order valence-corrected chi connectivity index (χ1v) is 16.5. The van der Waals surface area contributed by atoms with Crippen LogP contribution in [0.25, 0.3) is 0 Å². The van der Waals surface area contributed by atoms with E-state index in [9.17, 15) is 4.79 Å². The number of aldehydes is 1. The monoisotopic (exact) mass is 571 g/mol. The molecule has 0 aromatic heterocycles. The molecule has 3 atom stereocenters. The van der Waals surface area contributed by atoms with Gasteiger partial charge in [-0.1, -0.05) is 69.4 Å². The minimum atomic E-state index is 0. The summed E-state index contributed by atoms with van der Waals surface area (Å²) in [7, 11) is 1.63. The second-order valence-corrected chi connectivity index (χ2v) is 12.4. The minimum absolute atomic E-state index is 0. The van der Waals surface area contributed by atoms with Gasteiger partial charge in [0.25, 0.3) is 0 Å². The van der Waals surface area contributed by atoms with Crippen LogP contribution in [-0.2, 0) is 9.53 Å². The van der Waals surface area contributed by atoms with Gasteiger partial charge < -0.3 is 4.74 Å². The summed E-state index contributed by atoms with van der Waals surface area (Å²) in [6.07, 6.45) is 32.9. The van der Waals surface area contributed by atoms with Gasteiger partial charge in [-0.25, -0.2) is 0 Å².